The fourth-order valence-electron chi connectivity index (χ4n) is 3.61. The molecule has 0 aliphatic carbocycles. The highest BCUT2D eigenvalue weighted by molar-refractivity contribution is 7.89. The van der Waals surface area contributed by atoms with E-state index >= 15 is 0 Å². The zero-order chi connectivity index (χ0) is 23.0. The Hall–Kier alpha value is -2.46. The summed E-state index contributed by atoms with van der Waals surface area (Å²) in [5.74, 6) is -0.737. The highest BCUT2D eigenvalue weighted by atomic mass is 35.5. The number of sulfonamides is 1. The van der Waals surface area contributed by atoms with Crippen LogP contribution in [0, 0.1) is 12.7 Å². The number of piperazine rings is 1. The average molecular weight is 497 g/mol. The van der Waals surface area contributed by atoms with Crippen molar-refractivity contribution in [3.05, 3.63) is 75.8 Å². The Balaban J connectivity index is 1.50. The molecule has 2 aromatic carbocycles. The summed E-state index contributed by atoms with van der Waals surface area (Å²) in [6.45, 7) is 2.30. The molecular weight excluding hydrogens is 478 g/mol. The second-order valence-corrected chi connectivity index (χ2v) is 9.95. The van der Waals surface area contributed by atoms with Crippen LogP contribution in [-0.2, 0) is 10.0 Å². The molecule has 32 heavy (non-hydrogen) atoms. The van der Waals surface area contributed by atoms with Crippen LogP contribution in [0.4, 0.5) is 4.39 Å². The summed E-state index contributed by atoms with van der Waals surface area (Å²) in [6, 6.07) is 10.6. The SMILES string of the molecule is Cc1c(C(=O)N2CCN(S(=O)(=O)c3cccc(Cl)c3Cl)CC2)cnn1-c1ccccc1F. The highest BCUT2D eigenvalue weighted by Gasteiger charge is 2.33. The summed E-state index contributed by atoms with van der Waals surface area (Å²) in [7, 11) is -3.85. The van der Waals surface area contributed by atoms with Crippen molar-refractivity contribution in [3.63, 3.8) is 0 Å². The molecule has 1 aliphatic rings. The van der Waals surface area contributed by atoms with Gasteiger partial charge in [0.15, 0.2) is 0 Å². The van der Waals surface area contributed by atoms with Crippen molar-refractivity contribution < 1.29 is 17.6 Å². The molecule has 11 heteroatoms. The molecule has 0 bridgehead atoms. The van der Waals surface area contributed by atoms with Crippen LogP contribution >= 0.6 is 23.2 Å². The number of hydrogen-bond acceptors (Lipinski definition) is 4. The first-order valence-corrected chi connectivity index (χ1v) is 11.9. The second-order valence-electron chi connectivity index (χ2n) is 7.26. The van der Waals surface area contributed by atoms with Gasteiger partial charge in [-0.15, -0.1) is 0 Å². The predicted octanol–water partition coefficient (Wildman–Crippen LogP) is 3.77. The van der Waals surface area contributed by atoms with Crippen molar-refractivity contribution in [1.82, 2.24) is 19.0 Å². The lowest BCUT2D eigenvalue weighted by molar-refractivity contribution is 0.0697. The van der Waals surface area contributed by atoms with Gasteiger partial charge in [-0.1, -0.05) is 41.4 Å². The first-order valence-electron chi connectivity index (χ1n) is 9.75. The van der Waals surface area contributed by atoms with Crippen molar-refractivity contribution in [2.45, 2.75) is 11.8 Å². The molecule has 0 atom stereocenters. The number of nitrogens with zero attached hydrogens (tertiary/aromatic N) is 4. The quantitative estimate of drug-likeness (QED) is 0.550. The summed E-state index contributed by atoms with van der Waals surface area (Å²) in [4.78, 5) is 14.5. The molecule has 2 heterocycles. The van der Waals surface area contributed by atoms with Crippen LogP contribution < -0.4 is 0 Å². The molecule has 3 aromatic rings. The molecule has 168 valence electrons. The topological polar surface area (TPSA) is 75.5 Å². The second kappa shape index (κ2) is 8.82. The lowest BCUT2D eigenvalue weighted by Crippen LogP contribution is -2.50. The molecule has 1 fully saturated rings. The molecule has 1 amide bonds. The van der Waals surface area contributed by atoms with E-state index in [0.717, 1.165) is 0 Å². The zero-order valence-corrected chi connectivity index (χ0v) is 19.3. The highest BCUT2D eigenvalue weighted by Crippen LogP contribution is 2.31. The minimum Gasteiger partial charge on any atom is -0.336 e. The van der Waals surface area contributed by atoms with Gasteiger partial charge in [-0.05, 0) is 31.2 Å². The molecule has 1 aliphatic heterocycles. The van der Waals surface area contributed by atoms with Crippen LogP contribution in [0.5, 0.6) is 0 Å². The van der Waals surface area contributed by atoms with E-state index in [1.165, 1.54) is 39.4 Å². The zero-order valence-electron chi connectivity index (χ0n) is 17.0. The van der Waals surface area contributed by atoms with E-state index < -0.39 is 15.8 Å². The van der Waals surface area contributed by atoms with Crippen LogP contribution in [0.25, 0.3) is 5.69 Å². The number of amides is 1. The number of rotatable bonds is 4. The fraction of sp³-hybridized carbons (Fsp3) is 0.238. The molecule has 0 radical (unpaired) electrons. The van der Waals surface area contributed by atoms with Gasteiger partial charge in [0.25, 0.3) is 5.91 Å². The first-order chi connectivity index (χ1) is 15.2. The molecule has 1 saturated heterocycles. The van der Waals surface area contributed by atoms with Gasteiger partial charge in [0, 0.05) is 26.2 Å². The maximum absolute atomic E-state index is 14.1. The van der Waals surface area contributed by atoms with Crippen molar-refractivity contribution in [1.29, 1.82) is 0 Å². The first kappa shape index (κ1) is 22.7. The number of carbonyl (C=O) groups excluding carboxylic acids is 1. The summed E-state index contributed by atoms with van der Waals surface area (Å²) < 4.78 is 42.8. The Morgan fingerprint density at radius 2 is 1.72 bits per heavy atom. The summed E-state index contributed by atoms with van der Waals surface area (Å²) >= 11 is 12.1. The van der Waals surface area contributed by atoms with Crippen molar-refractivity contribution in [2.24, 2.45) is 0 Å². The number of benzene rings is 2. The summed E-state index contributed by atoms with van der Waals surface area (Å²) in [6.07, 6.45) is 1.40. The minimum atomic E-state index is -3.85. The van der Waals surface area contributed by atoms with E-state index in [1.54, 1.807) is 30.0 Å². The number of hydrogen-bond donors (Lipinski definition) is 0. The standard InChI is InChI=1S/C21H19Cl2FN4O3S/c1-14-15(13-25-28(14)18-7-3-2-6-17(18)24)21(29)26-9-11-27(12-10-26)32(30,31)19-8-4-5-16(22)20(19)23/h2-8,13H,9-12H2,1H3. The molecule has 7 nitrogen and oxygen atoms in total. The van der Waals surface area contributed by atoms with Gasteiger partial charge >= 0.3 is 0 Å². The Morgan fingerprint density at radius 1 is 1.03 bits per heavy atom. The molecule has 4 rings (SSSR count). The monoisotopic (exact) mass is 496 g/mol. The third-order valence-corrected chi connectivity index (χ3v) is 8.25. The molecule has 0 saturated carbocycles. The van der Waals surface area contributed by atoms with E-state index in [2.05, 4.69) is 5.10 Å². The van der Waals surface area contributed by atoms with E-state index in [0.29, 0.717) is 11.3 Å². The largest absolute Gasteiger partial charge is 0.336 e. The Kier molecular flexibility index (Phi) is 6.26. The van der Waals surface area contributed by atoms with E-state index in [9.17, 15) is 17.6 Å². The minimum absolute atomic E-state index is 0.0242. The summed E-state index contributed by atoms with van der Waals surface area (Å²) in [5.41, 5.74) is 1.08. The molecular formula is C21H19Cl2FN4O3S. The predicted molar refractivity (Wildman–Crippen MR) is 119 cm³/mol. The van der Waals surface area contributed by atoms with Crippen LogP contribution in [0.2, 0.25) is 10.0 Å². The lowest BCUT2D eigenvalue weighted by atomic mass is 10.2. The van der Waals surface area contributed by atoms with Gasteiger partial charge in [0.1, 0.15) is 16.4 Å². The maximum Gasteiger partial charge on any atom is 0.257 e. The average Bonchev–Trinajstić information content (AvgIpc) is 3.16. The Morgan fingerprint density at radius 3 is 2.41 bits per heavy atom. The molecule has 0 spiro atoms. The van der Waals surface area contributed by atoms with Crippen LogP contribution in [0.15, 0.2) is 53.6 Å². The maximum atomic E-state index is 14.1. The van der Waals surface area contributed by atoms with E-state index in [-0.39, 0.29) is 52.7 Å². The third-order valence-electron chi connectivity index (χ3n) is 5.38. The Bertz CT molecular complexity index is 1290. The van der Waals surface area contributed by atoms with E-state index in [4.69, 9.17) is 23.2 Å². The smallest absolute Gasteiger partial charge is 0.257 e. The third kappa shape index (κ3) is 4.01. The van der Waals surface area contributed by atoms with Crippen LogP contribution in [0.1, 0.15) is 16.1 Å². The lowest BCUT2D eigenvalue weighted by Gasteiger charge is -2.34. The number of aromatic nitrogens is 2. The van der Waals surface area contributed by atoms with E-state index in [1.807, 2.05) is 0 Å². The number of halogens is 3. The van der Waals surface area contributed by atoms with Crippen molar-refractivity contribution in [2.75, 3.05) is 26.2 Å². The van der Waals surface area contributed by atoms with Crippen molar-refractivity contribution in [3.8, 4) is 5.69 Å². The fourth-order valence-corrected chi connectivity index (χ4v) is 5.77. The summed E-state index contributed by atoms with van der Waals surface area (Å²) in [5, 5.41) is 4.30. The van der Waals surface area contributed by atoms with Crippen LogP contribution in [-0.4, -0.2) is 59.5 Å². The van der Waals surface area contributed by atoms with Gasteiger partial charge < -0.3 is 4.90 Å². The van der Waals surface area contributed by atoms with Gasteiger partial charge in [0.2, 0.25) is 10.0 Å². The molecule has 0 N–H and O–H groups in total. The molecule has 1 aromatic heterocycles. The van der Waals surface area contributed by atoms with Gasteiger partial charge in [0.05, 0.1) is 27.5 Å². The number of carbonyl (C=O) groups is 1. The van der Waals surface area contributed by atoms with Gasteiger partial charge in [-0.2, -0.15) is 9.40 Å². The Labute approximate surface area is 195 Å². The number of para-hydroxylation sites is 1. The molecule has 0 unspecified atom stereocenters. The van der Waals surface area contributed by atoms with Gasteiger partial charge in [-0.25, -0.2) is 17.5 Å². The normalized spacial score (nSPS) is 15.2. The van der Waals surface area contributed by atoms with Crippen molar-refractivity contribution >= 4 is 39.1 Å². The van der Waals surface area contributed by atoms with Crippen LogP contribution in [0.3, 0.4) is 0 Å². The van der Waals surface area contributed by atoms with Gasteiger partial charge in [-0.3, -0.25) is 4.79 Å².